The number of nitrogens with one attached hydrogen (secondary N) is 1. The van der Waals surface area contributed by atoms with E-state index in [0.29, 0.717) is 12.3 Å². The fraction of sp³-hybridized carbons (Fsp3) is 0.588. The Labute approximate surface area is 126 Å². The van der Waals surface area contributed by atoms with Crippen LogP contribution in [-0.4, -0.2) is 26.2 Å². The van der Waals surface area contributed by atoms with Crippen LogP contribution >= 0.6 is 0 Å². The standard InChI is InChI=1S/C17H25NO3/c1-13(15-4-6-16(20-2)7-5-15)18-17(19)8-3-14-9-11-21-12-10-14/h4-7,13-14H,3,8-12H2,1-2H3,(H,18,19). The maximum Gasteiger partial charge on any atom is 0.220 e. The Bertz CT molecular complexity index is 438. The van der Waals surface area contributed by atoms with Gasteiger partial charge in [0.2, 0.25) is 5.91 Å². The van der Waals surface area contributed by atoms with Crippen LogP contribution in [0.25, 0.3) is 0 Å². The van der Waals surface area contributed by atoms with Gasteiger partial charge in [0.1, 0.15) is 5.75 Å². The summed E-state index contributed by atoms with van der Waals surface area (Å²) < 4.78 is 10.5. The molecule has 116 valence electrons. The molecule has 0 saturated carbocycles. The predicted octanol–water partition coefficient (Wildman–Crippen LogP) is 3.08. The number of hydrogen-bond donors (Lipinski definition) is 1. The Morgan fingerprint density at radius 2 is 2.00 bits per heavy atom. The van der Waals surface area contributed by atoms with E-state index in [9.17, 15) is 4.79 Å². The number of methoxy groups -OCH3 is 1. The molecule has 1 N–H and O–H groups in total. The quantitative estimate of drug-likeness (QED) is 0.876. The van der Waals surface area contributed by atoms with E-state index >= 15 is 0 Å². The van der Waals surface area contributed by atoms with Gasteiger partial charge in [-0.2, -0.15) is 0 Å². The first-order valence-corrected chi connectivity index (χ1v) is 7.70. The van der Waals surface area contributed by atoms with Crippen LogP contribution < -0.4 is 10.1 Å². The molecule has 0 bridgehead atoms. The van der Waals surface area contributed by atoms with Crippen molar-refractivity contribution >= 4 is 5.91 Å². The molecule has 2 rings (SSSR count). The largest absolute Gasteiger partial charge is 0.497 e. The Kier molecular flexibility index (Phi) is 6.05. The fourth-order valence-corrected chi connectivity index (χ4v) is 2.66. The predicted molar refractivity (Wildman–Crippen MR) is 82.3 cm³/mol. The summed E-state index contributed by atoms with van der Waals surface area (Å²) >= 11 is 0. The van der Waals surface area contributed by atoms with Gasteiger partial charge in [-0.1, -0.05) is 12.1 Å². The zero-order valence-electron chi connectivity index (χ0n) is 12.9. The van der Waals surface area contributed by atoms with Crippen molar-refractivity contribution in [1.82, 2.24) is 5.32 Å². The molecule has 0 spiro atoms. The number of rotatable bonds is 6. The SMILES string of the molecule is COc1ccc(C(C)NC(=O)CCC2CCOCC2)cc1. The van der Waals surface area contributed by atoms with Gasteiger partial charge in [0, 0.05) is 19.6 Å². The van der Waals surface area contributed by atoms with Crippen LogP contribution in [0.5, 0.6) is 5.75 Å². The summed E-state index contributed by atoms with van der Waals surface area (Å²) in [6, 6.07) is 7.84. The lowest BCUT2D eigenvalue weighted by molar-refractivity contribution is -0.122. The fourth-order valence-electron chi connectivity index (χ4n) is 2.66. The summed E-state index contributed by atoms with van der Waals surface area (Å²) in [6.45, 7) is 3.69. The van der Waals surface area contributed by atoms with Crippen LogP contribution in [0.2, 0.25) is 0 Å². The number of carbonyl (C=O) groups is 1. The molecule has 21 heavy (non-hydrogen) atoms. The maximum atomic E-state index is 12.0. The van der Waals surface area contributed by atoms with Gasteiger partial charge >= 0.3 is 0 Å². The minimum absolute atomic E-state index is 0.0260. The van der Waals surface area contributed by atoms with Crippen molar-refractivity contribution in [3.63, 3.8) is 0 Å². The van der Waals surface area contributed by atoms with E-state index < -0.39 is 0 Å². The molecule has 4 heteroatoms. The van der Waals surface area contributed by atoms with Crippen molar-refractivity contribution in [2.75, 3.05) is 20.3 Å². The third kappa shape index (κ3) is 5.05. The number of ether oxygens (including phenoxy) is 2. The van der Waals surface area contributed by atoms with Crippen LogP contribution in [0.3, 0.4) is 0 Å². The lowest BCUT2D eigenvalue weighted by atomic mass is 9.95. The van der Waals surface area contributed by atoms with E-state index in [0.717, 1.165) is 43.8 Å². The van der Waals surface area contributed by atoms with E-state index in [2.05, 4.69) is 5.32 Å². The van der Waals surface area contributed by atoms with Gasteiger partial charge in [-0.15, -0.1) is 0 Å². The van der Waals surface area contributed by atoms with Crippen LogP contribution in [0, 0.1) is 5.92 Å². The molecule has 0 aromatic heterocycles. The summed E-state index contributed by atoms with van der Waals surface area (Å²) in [4.78, 5) is 12.0. The van der Waals surface area contributed by atoms with Gasteiger partial charge in [0.05, 0.1) is 13.2 Å². The summed E-state index contributed by atoms with van der Waals surface area (Å²) in [5.74, 6) is 1.60. The molecule has 4 nitrogen and oxygen atoms in total. The molecular weight excluding hydrogens is 266 g/mol. The molecule has 1 heterocycles. The number of benzene rings is 1. The highest BCUT2D eigenvalue weighted by molar-refractivity contribution is 5.76. The van der Waals surface area contributed by atoms with Crippen molar-refractivity contribution in [2.24, 2.45) is 5.92 Å². The lowest BCUT2D eigenvalue weighted by Gasteiger charge is -2.22. The number of amides is 1. The molecule has 1 atom stereocenters. The molecule has 1 aliphatic heterocycles. The van der Waals surface area contributed by atoms with Crippen molar-refractivity contribution < 1.29 is 14.3 Å². The molecule has 1 aliphatic rings. The molecule has 1 saturated heterocycles. The van der Waals surface area contributed by atoms with Gasteiger partial charge in [0.15, 0.2) is 0 Å². The Hall–Kier alpha value is -1.55. The van der Waals surface area contributed by atoms with E-state index in [4.69, 9.17) is 9.47 Å². The Morgan fingerprint density at radius 3 is 2.62 bits per heavy atom. The second-order valence-corrected chi connectivity index (χ2v) is 5.66. The van der Waals surface area contributed by atoms with Gasteiger partial charge in [0.25, 0.3) is 0 Å². The molecule has 1 amide bonds. The minimum atomic E-state index is 0.0260. The van der Waals surface area contributed by atoms with Crippen LogP contribution in [0.4, 0.5) is 0 Å². The van der Waals surface area contributed by atoms with Crippen LogP contribution in [0.15, 0.2) is 24.3 Å². The summed E-state index contributed by atoms with van der Waals surface area (Å²) in [7, 11) is 1.65. The van der Waals surface area contributed by atoms with E-state index in [1.165, 1.54) is 0 Å². The highest BCUT2D eigenvalue weighted by Crippen LogP contribution is 2.21. The van der Waals surface area contributed by atoms with Crippen molar-refractivity contribution in [3.05, 3.63) is 29.8 Å². The topological polar surface area (TPSA) is 47.6 Å². The zero-order chi connectivity index (χ0) is 15.1. The van der Waals surface area contributed by atoms with Crippen molar-refractivity contribution in [3.8, 4) is 5.75 Å². The van der Waals surface area contributed by atoms with Crippen molar-refractivity contribution in [2.45, 2.75) is 38.6 Å². The van der Waals surface area contributed by atoms with E-state index in [1.807, 2.05) is 31.2 Å². The molecule has 1 aromatic carbocycles. The summed E-state index contributed by atoms with van der Waals surface area (Å²) in [5.41, 5.74) is 1.09. The number of hydrogen-bond acceptors (Lipinski definition) is 3. The van der Waals surface area contributed by atoms with E-state index in [-0.39, 0.29) is 11.9 Å². The first kappa shape index (κ1) is 15.8. The van der Waals surface area contributed by atoms with Gasteiger partial charge in [-0.25, -0.2) is 0 Å². The molecule has 1 fully saturated rings. The Balaban J connectivity index is 1.75. The first-order chi connectivity index (χ1) is 10.2. The molecule has 1 unspecified atom stereocenters. The van der Waals surface area contributed by atoms with Gasteiger partial charge in [-0.3, -0.25) is 4.79 Å². The van der Waals surface area contributed by atoms with Gasteiger partial charge < -0.3 is 14.8 Å². The van der Waals surface area contributed by atoms with Crippen molar-refractivity contribution in [1.29, 1.82) is 0 Å². The summed E-state index contributed by atoms with van der Waals surface area (Å²) in [5, 5.41) is 3.06. The minimum Gasteiger partial charge on any atom is -0.497 e. The Morgan fingerprint density at radius 1 is 1.33 bits per heavy atom. The maximum absolute atomic E-state index is 12.0. The molecule has 1 aromatic rings. The smallest absolute Gasteiger partial charge is 0.220 e. The van der Waals surface area contributed by atoms with Crippen LogP contribution in [0.1, 0.15) is 44.2 Å². The lowest BCUT2D eigenvalue weighted by Crippen LogP contribution is -2.27. The summed E-state index contributed by atoms with van der Waals surface area (Å²) in [6.07, 6.45) is 3.73. The second kappa shape index (κ2) is 8.03. The zero-order valence-corrected chi connectivity index (χ0v) is 12.9. The monoisotopic (exact) mass is 291 g/mol. The number of carbonyl (C=O) groups excluding carboxylic acids is 1. The average molecular weight is 291 g/mol. The van der Waals surface area contributed by atoms with Crippen LogP contribution in [-0.2, 0) is 9.53 Å². The van der Waals surface area contributed by atoms with Gasteiger partial charge in [-0.05, 0) is 49.8 Å². The first-order valence-electron chi connectivity index (χ1n) is 7.70. The third-order valence-corrected chi connectivity index (χ3v) is 4.11. The highest BCUT2D eigenvalue weighted by Gasteiger charge is 2.16. The molecule has 0 radical (unpaired) electrons. The average Bonchev–Trinajstić information content (AvgIpc) is 2.54. The third-order valence-electron chi connectivity index (χ3n) is 4.11. The highest BCUT2D eigenvalue weighted by atomic mass is 16.5. The molecular formula is C17H25NO3. The molecule has 0 aliphatic carbocycles. The second-order valence-electron chi connectivity index (χ2n) is 5.66. The normalized spacial score (nSPS) is 17.2. The van der Waals surface area contributed by atoms with E-state index in [1.54, 1.807) is 7.11 Å².